The van der Waals surface area contributed by atoms with E-state index in [0.29, 0.717) is 12.2 Å². The number of benzene rings is 2. The van der Waals surface area contributed by atoms with Crippen LogP contribution in [0.1, 0.15) is 34.5 Å². The standard InChI is InChI=1S/C20H24N2O4S/c1-14(23)15-5-4-6-18(12-15)27(24,25)21-13-19(22(2)3)16-7-8-20-17(11-16)9-10-26-20/h4-8,11-12,19,21H,9-10,13H2,1-3H3. The lowest BCUT2D eigenvalue weighted by molar-refractivity contribution is 0.101. The number of likely N-dealkylation sites (N-methyl/N-ethyl adjacent to an activating group) is 1. The molecule has 0 amide bonds. The molecule has 27 heavy (non-hydrogen) atoms. The molecule has 2 aromatic rings. The number of hydrogen-bond acceptors (Lipinski definition) is 5. The number of nitrogens with one attached hydrogen (secondary N) is 1. The van der Waals surface area contributed by atoms with Crippen LogP contribution in [-0.4, -0.2) is 46.3 Å². The first kappa shape index (κ1) is 19.5. The van der Waals surface area contributed by atoms with Crippen molar-refractivity contribution in [1.82, 2.24) is 9.62 Å². The molecule has 1 unspecified atom stereocenters. The summed E-state index contributed by atoms with van der Waals surface area (Å²) in [4.78, 5) is 13.6. The maximum Gasteiger partial charge on any atom is 0.240 e. The highest BCUT2D eigenvalue weighted by atomic mass is 32.2. The Balaban J connectivity index is 1.79. The first-order chi connectivity index (χ1) is 12.8. The summed E-state index contributed by atoms with van der Waals surface area (Å²) in [5, 5.41) is 0. The van der Waals surface area contributed by atoms with Crippen LogP contribution in [0.4, 0.5) is 0 Å². The van der Waals surface area contributed by atoms with E-state index in [0.717, 1.165) is 23.3 Å². The fraction of sp³-hybridized carbons (Fsp3) is 0.350. The van der Waals surface area contributed by atoms with Gasteiger partial charge in [-0.15, -0.1) is 0 Å². The molecular formula is C20H24N2O4S. The quantitative estimate of drug-likeness (QED) is 0.737. The molecule has 1 aliphatic heterocycles. The van der Waals surface area contributed by atoms with Gasteiger partial charge in [0.15, 0.2) is 5.78 Å². The molecule has 3 rings (SSSR count). The third-order valence-electron chi connectivity index (χ3n) is 4.74. The van der Waals surface area contributed by atoms with Crippen LogP contribution in [0.3, 0.4) is 0 Å². The SMILES string of the molecule is CC(=O)c1cccc(S(=O)(=O)NCC(c2ccc3c(c2)CCO3)N(C)C)c1. The molecule has 144 valence electrons. The number of carbonyl (C=O) groups is 1. The van der Waals surface area contributed by atoms with Crippen molar-refractivity contribution in [3.8, 4) is 5.75 Å². The Kier molecular flexibility index (Phi) is 5.64. The summed E-state index contributed by atoms with van der Waals surface area (Å²) in [6.45, 7) is 2.32. The minimum atomic E-state index is -3.72. The highest BCUT2D eigenvalue weighted by molar-refractivity contribution is 7.89. The zero-order chi connectivity index (χ0) is 19.6. The fourth-order valence-electron chi connectivity index (χ4n) is 3.17. The monoisotopic (exact) mass is 388 g/mol. The molecule has 1 atom stereocenters. The third-order valence-corrected chi connectivity index (χ3v) is 6.16. The van der Waals surface area contributed by atoms with Crippen molar-refractivity contribution >= 4 is 15.8 Å². The van der Waals surface area contributed by atoms with Crippen LogP contribution in [0.2, 0.25) is 0 Å². The van der Waals surface area contributed by atoms with E-state index in [1.165, 1.54) is 19.1 Å². The summed E-state index contributed by atoms with van der Waals surface area (Å²) in [6.07, 6.45) is 0.868. The number of rotatable bonds is 7. The summed E-state index contributed by atoms with van der Waals surface area (Å²) in [6, 6.07) is 12.0. The zero-order valence-corrected chi connectivity index (χ0v) is 16.5. The average Bonchev–Trinajstić information content (AvgIpc) is 3.09. The Morgan fingerprint density at radius 2 is 2.00 bits per heavy atom. The number of ether oxygens (including phenoxy) is 1. The van der Waals surface area contributed by atoms with Gasteiger partial charge >= 0.3 is 0 Å². The van der Waals surface area contributed by atoms with E-state index in [-0.39, 0.29) is 23.3 Å². The van der Waals surface area contributed by atoms with Gasteiger partial charge in [0.25, 0.3) is 0 Å². The molecule has 0 fully saturated rings. The number of sulfonamides is 1. The van der Waals surface area contributed by atoms with Gasteiger partial charge in [0.2, 0.25) is 10.0 Å². The van der Waals surface area contributed by atoms with E-state index >= 15 is 0 Å². The van der Waals surface area contributed by atoms with Gasteiger partial charge in [-0.3, -0.25) is 4.79 Å². The number of ketones is 1. The highest BCUT2D eigenvalue weighted by Gasteiger charge is 2.22. The predicted octanol–water partition coefficient (Wildman–Crippen LogP) is 2.41. The van der Waals surface area contributed by atoms with Crippen LogP contribution >= 0.6 is 0 Å². The molecule has 7 heteroatoms. The Labute approximate surface area is 160 Å². The van der Waals surface area contributed by atoms with Crippen molar-refractivity contribution in [3.05, 3.63) is 59.2 Å². The van der Waals surface area contributed by atoms with Gasteiger partial charge in [-0.2, -0.15) is 0 Å². The molecule has 1 heterocycles. The molecule has 0 bridgehead atoms. The van der Waals surface area contributed by atoms with Crippen LogP contribution in [0.15, 0.2) is 47.4 Å². The Bertz CT molecular complexity index is 954. The van der Waals surface area contributed by atoms with Crippen molar-refractivity contribution in [2.75, 3.05) is 27.2 Å². The van der Waals surface area contributed by atoms with E-state index in [1.807, 2.05) is 31.1 Å². The van der Waals surface area contributed by atoms with Gasteiger partial charge < -0.3 is 9.64 Å². The lowest BCUT2D eigenvalue weighted by Gasteiger charge is -2.25. The molecule has 0 radical (unpaired) electrons. The molecule has 1 aliphatic rings. The second-order valence-electron chi connectivity index (χ2n) is 6.88. The van der Waals surface area contributed by atoms with Gasteiger partial charge in [0.1, 0.15) is 5.75 Å². The van der Waals surface area contributed by atoms with Crippen LogP contribution in [0.25, 0.3) is 0 Å². The third kappa shape index (κ3) is 4.37. The molecule has 2 aromatic carbocycles. The van der Waals surface area contributed by atoms with E-state index in [4.69, 9.17) is 4.74 Å². The molecule has 0 aliphatic carbocycles. The second kappa shape index (κ2) is 7.80. The van der Waals surface area contributed by atoms with Crippen LogP contribution in [0, 0.1) is 0 Å². The second-order valence-corrected chi connectivity index (χ2v) is 8.65. The molecule has 0 saturated heterocycles. The summed E-state index contributed by atoms with van der Waals surface area (Å²) in [5.74, 6) is 0.733. The maximum absolute atomic E-state index is 12.7. The smallest absolute Gasteiger partial charge is 0.240 e. The Hall–Kier alpha value is -2.22. The molecular weight excluding hydrogens is 364 g/mol. The number of nitrogens with zero attached hydrogens (tertiary/aromatic N) is 1. The molecule has 0 spiro atoms. The number of Topliss-reactive ketones (excluding diaryl/α,β-unsaturated/α-hetero) is 1. The molecule has 1 N–H and O–H groups in total. The topological polar surface area (TPSA) is 75.7 Å². The maximum atomic E-state index is 12.7. The van der Waals surface area contributed by atoms with Crippen LogP contribution in [-0.2, 0) is 16.4 Å². The average molecular weight is 388 g/mol. The van der Waals surface area contributed by atoms with E-state index in [2.05, 4.69) is 10.8 Å². The lowest BCUT2D eigenvalue weighted by atomic mass is 10.0. The molecule has 6 nitrogen and oxygen atoms in total. The van der Waals surface area contributed by atoms with Crippen molar-refractivity contribution in [3.63, 3.8) is 0 Å². The van der Waals surface area contributed by atoms with Gasteiger partial charge in [0.05, 0.1) is 11.5 Å². The van der Waals surface area contributed by atoms with E-state index < -0.39 is 10.0 Å². The minimum Gasteiger partial charge on any atom is -0.493 e. The number of carbonyl (C=O) groups excluding carboxylic acids is 1. The Morgan fingerprint density at radius 3 is 2.70 bits per heavy atom. The van der Waals surface area contributed by atoms with Crippen molar-refractivity contribution in [1.29, 1.82) is 0 Å². The van der Waals surface area contributed by atoms with Gasteiger partial charge in [-0.05, 0) is 50.3 Å². The molecule has 0 saturated carbocycles. The first-order valence-corrected chi connectivity index (χ1v) is 10.3. The normalized spacial score (nSPS) is 14.7. The Morgan fingerprint density at radius 1 is 1.22 bits per heavy atom. The largest absolute Gasteiger partial charge is 0.493 e. The minimum absolute atomic E-state index is 0.0926. The number of hydrogen-bond donors (Lipinski definition) is 1. The van der Waals surface area contributed by atoms with E-state index in [1.54, 1.807) is 12.1 Å². The van der Waals surface area contributed by atoms with Gasteiger partial charge in [-0.1, -0.05) is 24.3 Å². The van der Waals surface area contributed by atoms with Crippen molar-refractivity contribution < 1.29 is 17.9 Å². The van der Waals surface area contributed by atoms with Crippen molar-refractivity contribution in [2.45, 2.75) is 24.3 Å². The van der Waals surface area contributed by atoms with Gasteiger partial charge in [-0.25, -0.2) is 13.1 Å². The fourth-order valence-corrected chi connectivity index (χ4v) is 4.25. The summed E-state index contributed by atoms with van der Waals surface area (Å²) >= 11 is 0. The van der Waals surface area contributed by atoms with Crippen LogP contribution < -0.4 is 9.46 Å². The summed E-state index contributed by atoms with van der Waals surface area (Å²) in [7, 11) is 0.114. The lowest BCUT2D eigenvalue weighted by Crippen LogP contribution is -2.34. The number of fused-ring (bicyclic) bond motifs is 1. The van der Waals surface area contributed by atoms with Gasteiger partial charge in [0, 0.05) is 24.6 Å². The zero-order valence-electron chi connectivity index (χ0n) is 15.7. The predicted molar refractivity (Wildman–Crippen MR) is 104 cm³/mol. The van der Waals surface area contributed by atoms with E-state index in [9.17, 15) is 13.2 Å². The molecule has 0 aromatic heterocycles. The summed E-state index contributed by atoms with van der Waals surface area (Å²) < 4.78 is 33.6. The van der Waals surface area contributed by atoms with Crippen molar-refractivity contribution in [2.24, 2.45) is 0 Å². The summed E-state index contributed by atoms with van der Waals surface area (Å²) in [5.41, 5.74) is 2.56. The first-order valence-electron chi connectivity index (χ1n) is 8.80. The van der Waals surface area contributed by atoms with Crippen LogP contribution in [0.5, 0.6) is 5.75 Å². The highest BCUT2D eigenvalue weighted by Crippen LogP contribution is 2.29.